The lowest BCUT2D eigenvalue weighted by Gasteiger charge is -2.15. The van der Waals surface area contributed by atoms with Crippen LogP contribution in [0.4, 0.5) is 8.78 Å². The third-order valence-electron chi connectivity index (χ3n) is 7.85. The SMILES string of the molecule is Cc1cc2c(c(C3C(=O)c4ccccc4C3=O)c(-c3ccccc3)n2-c2ccc(F)cc2)c(=O)n1-c1ccc(F)cc1. The van der Waals surface area contributed by atoms with Crippen LogP contribution in [0.15, 0.2) is 114 Å². The van der Waals surface area contributed by atoms with Crippen LogP contribution >= 0.6 is 0 Å². The molecule has 4 aromatic carbocycles. The number of halogens is 2. The molecule has 1 aliphatic carbocycles. The number of carbonyl (C=O) groups is 2. The second-order valence-corrected chi connectivity index (χ2v) is 10.3. The average molecular weight is 557 g/mol. The summed E-state index contributed by atoms with van der Waals surface area (Å²) in [6, 6.07) is 29.1. The summed E-state index contributed by atoms with van der Waals surface area (Å²) in [5, 5.41) is 0.188. The third kappa shape index (κ3) is 3.78. The smallest absolute Gasteiger partial charge is 0.265 e. The maximum absolute atomic E-state index is 14.6. The number of rotatable bonds is 4. The van der Waals surface area contributed by atoms with Crippen molar-refractivity contribution in [1.82, 2.24) is 9.13 Å². The van der Waals surface area contributed by atoms with Gasteiger partial charge in [-0.15, -0.1) is 0 Å². The number of carbonyl (C=O) groups excluding carboxylic acids is 2. The van der Waals surface area contributed by atoms with Crippen molar-refractivity contribution < 1.29 is 18.4 Å². The zero-order chi connectivity index (χ0) is 29.1. The van der Waals surface area contributed by atoms with Crippen molar-refractivity contribution in [3.8, 4) is 22.6 Å². The van der Waals surface area contributed by atoms with Gasteiger partial charge in [-0.1, -0.05) is 54.6 Å². The molecule has 204 valence electrons. The van der Waals surface area contributed by atoms with E-state index in [4.69, 9.17) is 0 Å². The monoisotopic (exact) mass is 556 g/mol. The molecule has 0 unspecified atom stereocenters. The summed E-state index contributed by atoms with van der Waals surface area (Å²) < 4.78 is 31.1. The number of hydrogen-bond donors (Lipinski definition) is 0. The minimum absolute atomic E-state index is 0.188. The number of fused-ring (bicyclic) bond motifs is 2. The van der Waals surface area contributed by atoms with E-state index < -0.39 is 23.1 Å². The molecule has 0 aliphatic heterocycles. The minimum atomic E-state index is -1.26. The van der Waals surface area contributed by atoms with Crippen LogP contribution in [-0.2, 0) is 0 Å². The summed E-state index contributed by atoms with van der Waals surface area (Å²) in [7, 11) is 0. The number of pyridine rings is 1. The highest BCUT2D eigenvalue weighted by atomic mass is 19.1. The molecule has 2 heterocycles. The maximum Gasteiger partial charge on any atom is 0.265 e. The molecule has 0 saturated heterocycles. The Morgan fingerprint density at radius 2 is 1.12 bits per heavy atom. The van der Waals surface area contributed by atoms with Gasteiger partial charge in [-0.25, -0.2) is 8.78 Å². The van der Waals surface area contributed by atoms with E-state index in [2.05, 4.69) is 0 Å². The fourth-order valence-corrected chi connectivity index (χ4v) is 6.04. The molecule has 7 heteroatoms. The maximum atomic E-state index is 14.6. The number of benzene rings is 4. The molecule has 42 heavy (non-hydrogen) atoms. The molecule has 0 N–H and O–H groups in total. The van der Waals surface area contributed by atoms with E-state index in [1.807, 2.05) is 34.9 Å². The lowest BCUT2D eigenvalue weighted by atomic mass is 9.89. The van der Waals surface area contributed by atoms with Crippen molar-refractivity contribution >= 4 is 22.5 Å². The largest absolute Gasteiger partial charge is 0.309 e. The average Bonchev–Trinajstić information content (AvgIpc) is 3.46. The molecule has 1 aliphatic rings. The van der Waals surface area contributed by atoms with Crippen molar-refractivity contribution in [3.63, 3.8) is 0 Å². The van der Waals surface area contributed by atoms with E-state index in [0.29, 0.717) is 45.0 Å². The lowest BCUT2D eigenvalue weighted by molar-refractivity contribution is 0.0891. The number of hydrogen-bond acceptors (Lipinski definition) is 3. The lowest BCUT2D eigenvalue weighted by Crippen LogP contribution is -2.23. The normalized spacial score (nSPS) is 13.2. The van der Waals surface area contributed by atoms with Crippen LogP contribution < -0.4 is 5.56 Å². The van der Waals surface area contributed by atoms with E-state index >= 15 is 0 Å². The van der Waals surface area contributed by atoms with Crippen LogP contribution in [0, 0.1) is 18.6 Å². The zero-order valence-electron chi connectivity index (χ0n) is 22.3. The Balaban J connectivity index is 1.67. The minimum Gasteiger partial charge on any atom is -0.309 e. The molecular weight excluding hydrogens is 534 g/mol. The number of ketones is 2. The highest BCUT2D eigenvalue weighted by Crippen LogP contribution is 2.44. The topological polar surface area (TPSA) is 61.1 Å². The van der Waals surface area contributed by atoms with Gasteiger partial charge in [0.25, 0.3) is 5.56 Å². The van der Waals surface area contributed by atoms with Crippen LogP contribution in [0.1, 0.15) is 37.9 Å². The van der Waals surface area contributed by atoms with Crippen molar-refractivity contribution in [2.45, 2.75) is 12.8 Å². The van der Waals surface area contributed by atoms with Crippen LogP contribution in [0.2, 0.25) is 0 Å². The Morgan fingerprint density at radius 3 is 1.67 bits per heavy atom. The highest BCUT2D eigenvalue weighted by molar-refractivity contribution is 6.31. The van der Waals surface area contributed by atoms with Gasteiger partial charge in [0.05, 0.1) is 16.6 Å². The molecule has 0 bridgehead atoms. The Hall–Kier alpha value is -5.43. The van der Waals surface area contributed by atoms with Gasteiger partial charge in [0.1, 0.15) is 17.6 Å². The van der Waals surface area contributed by atoms with Gasteiger partial charge in [-0.3, -0.25) is 19.0 Å². The number of Topliss-reactive ketones (excluding diaryl/α,β-unsaturated/α-hetero) is 2. The van der Waals surface area contributed by atoms with Gasteiger partial charge < -0.3 is 4.57 Å². The van der Waals surface area contributed by atoms with Crippen LogP contribution in [0.5, 0.6) is 0 Å². The summed E-state index contributed by atoms with van der Waals surface area (Å²) in [6.45, 7) is 1.76. The Labute approximate surface area is 238 Å². The van der Waals surface area contributed by atoms with Gasteiger partial charge in [0, 0.05) is 33.8 Å². The molecule has 6 aromatic rings. The first-order chi connectivity index (χ1) is 20.3. The number of aromatic nitrogens is 2. The van der Waals surface area contributed by atoms with E-state index in [9.17, 15) is 23.2 Å². The molecule has 0 radical (unpaired) electrons. The van der Waals surface area contributed by atoms with Gasteiger partial charge in [0.2, 0.25) is 0 Å². The molecule has 0 atom stereocenters. The molecule has 7 rings (SSSR count). The first-order valence-electron chi connectivity index (χ1n) is 13.4. The van der Waals surface area contributed by atoms with E-state index in [1.165, 1.54) is 41.0 Å². The zero-order valence-corrected chi connectivity index (χ0v) is 22.3. The van der Waals surface area contributed by atoms with Crippen LogP contribution in [-0.4, -0.2) is 20.7 Å². The predicted octanol–water partition coefficient (Wildman–Crippen LogP) is 7.20. The first-order valence-corrected chi connectivity index (χ1v) is 13.4. The van der Waals surface area contributed by atoms with E-state index in [1.54, 1.807) is 49.4 Å². The third-order valence-corrected chi connectivity index (χ3v) is 7.85. The number of aryl methyl sites for hydroxylation is 1. The van der Waals surface area contributed by atoms with Crippen molar-refractivity contribution in [3.05, 3.63) is 154 Å². The summed E-state index contributed by atoms with van der Waals surface area (Å²) in [6.07, 6.45) is 0. The number of nitrogens with zero attached hydrogens (tertiary/aromatic N) is 2. The fraction of sp³-hybridized carbons (Fsp3) is 0.0571. The van der Waals surface area contributed by atoms with Gasteiger partial charge >= 0.3 is 0 Å². The quantitative estimate of drug-likeness (QED) is 0.216. The highest BCUT2D eigenvalue weighted by Gasteiger charge is 2.43. The summed E-state index contributed by atoms with van der Waals surface area (Å²) in [5.41, 5.74) is 3.62. The summed E-state index contributed by atoms with van der Waals surface area (Å²) in [5.74, 6) is -2.92. The van der Waals surface area contributed by atoms with Crippen LogP contribution in [0.3, 0.4) is 0 Å². The van der Waals surface area contributed by atoms with E-state index in [0.717, 1.165) is 0 Å². The van der Waals surface area contributed by atoms with E-state index in [-0.39, 0.29) is 22.5 Å². The second-order valence-electron chi connectivity index (χ2n) is 10.3. The molecule has 0 saturated carbocycles. The Bertz CT molecular complexity index is 2070. The summed E-state index contributed by atoms with van der Waals surface area (Å²) >= 11 is 0. The van der Waals surface area contributed by atoms with Gasteiger partial charge in [-0.05, 0) is 67.1 Å². The first kappa shape index (κ1) is 25.5. The fourth-order valence-electron chi connectivity index (χ4n) is 6.04. The molecule has 2 aromatic heterocycles. The summed E-state index contributed by atoms with van der Waals surface area (Å²) in [4.78, 5) is 42.5. The Kier molecular flexibility index (Phi) is 5.83. The molecule has 0 amide bonds. The van der Waals surface area contributed by atoms with Crippen molar-refractivity contribution in [1.29, 1.82) is 0 Å². The predicted molar refractivity (Wildman–Crippen MR) is 157 cm³/mol. The molecular formula is C35H22F2N2O3. The van der Waals surface area contributed by atoms with Crippen LogP contribution in [0.25, 0.3) is 33.5 Å². The van der Waals surface area contributed by atoms with Gasteiger partial charge in [-0.2, -0.15) is 0 Å². The molecule has 0 spiro atoms. The van der Waals surface area contributed by atoms with Crippen molar-refractivity contribution in [2.75, 3.05) is 0 Å². The standard InChI is InChI=1S/C35H22F2N2O3/c1-20-19-28-29(35(42)38(20)24-15-11-22(36)12-16-24)30(31-33(40)26-9-5-6-10-27(26)34(31)41)32(21-7-3-2-4-8-21)39(28)25-17-13-23(37)14-18-25/h2-19,31H,1H3. The van der Waals surface area contributed by atoms with Gasteiger partial charge in [0.15, 0.2) is 11.6 Å². The molecule has 0 fully saturated rings. The Morgan fingerprint density at radius 1 is 0.619 bits per heavy atom. The second kappa shape index (κ2) is 9.59. The van der Waals surface area contributed by atoms with Crippen molar-refractivity contribution in [2.24, 2.45) is 0 Å². The molecule has 5 nitrogen and oxygen atoms in total.